The fraction of sp³-hybridized carbons (Fsp3) is 0.375. The molecular formula is C24H30O3. The van der Waals surface area contributed by atoms with Crippen LogP contribution >= 0.6 is 0 Å². The van der Waals surface area contributed by atoms with E-state index in [-0.39, 0.29) is 16.4 Å². The summed E-state index contributed by atoms with van der Waals surface area (Å²) >= 11 is 0. The van der Waals surface area contributed by atoms with E-state index >= 15 is 0 Å². The van der Waals surface area contributed by atoms with E-state index in [4.69, 9.17) is 5.11 Å². The number of carboxylic acids is 1. The van der Waals surface area contributed by atoms with Crippen LogP contribution in [-0.2, 0) is 17.3 Å². The first kappa shape index (κ1) is 20.8. The molecule has 0 bridgehead atoms. The zero-order valence-electron chi connectivity index (χ0n) is 17.1. The largest absolute Gasteiger partial charge is 0.507 e. The van der Waals surface area contributed by atoms with Crippen molar-refractivity contribution < 1.29 is 15.0 Å². The first-order chi connectivity index (χ1) is 12.4. The molecule has 2 aromatic carbocycles. The zero-order valence-corrected chi connectivity index (χ0v) is 17.1. The Morgan fingerprint density at radius 2 is 1.41 bits per heavy atom. The van der Waals surface area contributed by atoms with Crippen molar-refractivity contribution in [2.24, 2.45) is 0 Å². The molecule has 27 heavy (non-hydrogen) atoms. The number of aromatic hydroxyl groups is 1. The first-order valence-corrected chi connectivity index (χ1v) is 9.26. The monoisotopic (exact) mass is 366 g/mol. The van der Waals surface area contributed by atoms with Crippen molar-refractivity contribution in [3.05, 3.63) is 70.3 Å². The SMILES string of the molecule is CC(C)(C)c1cc(CC=Cc2ccc(C(=O)O)cc2)cc(C(C)(C)C)c1O. The van der Waals surface area contributed by atoms with Crippen LogP contribution in [0.3, 0.4) is 0 Å². The number of phenolic OH excluding ortho intramolecular Hbond substituents is 1. The maximum atomic E-state index is 10.9. The Morgan fingerprint density at radius 3 is 1.81 bits per heavy atom. The van der Waals surface area contributed by atoms with E-state index in [1.165, 1.54) is 0 Å². The van der Waals surface area contributed by atoms with Crippen LogP contribution in [0.5, 0.6) is 5.75 Å². The van der Waals surface area contributed by atoms with Gasteiger partial charge < -0.3 is 10.2 Å². The average molecular weight is 367 g/mol. The van der Waals surface area contributed by atoms with E-state index in [2.05, 4.69) is 59.8 Å². The van der Waals surface area contributed by atoms with E-state index in [9.17, 15) is 9.90 Å². The molecule has 0 aliphatic heterocycles. The van der Waals surface area contributed by atoms with Crippen LogP contribution < -0.4 is 0 Å². The van der Waals surface area contributed by atoms with Crippen LogP contribution in [0.4, 0.5) is 0 Å². The molecule has 0 unspecified atom stereocenters. The van der Waals surface area contributed by atoms with Gasteiger partial charge in [-0.05, 0) is 51.6 Å². The summed E-state index contributed by atoms with van der Waals surface area (Å²) in [7, 11) is 0. The molecule has 0 aromatic heterocycles. The van der Waals surface area contributed by atoms with Gasteiger partial charge in [0.25, 0.3) is 0 Å². The molecule has 144 valence electrons. The number of allylic oxidation sites excluding steroid dienone is 1. The van der Waals surface area contributed by atoms with Gasteiger partial charge in [0.1, 0.15) is 5.75 Å². The number of hydrogen-bond donors (Lipinski definition) is 2. The maximum Gasteiger partial charge on any atom is 0.335 e. The molecule has 0 saturated carbocycles. The third kappa shape index (κ3) is 5.22. The lowest BCUT2D eigenvalue weighted by Crippen LogP contribution is -2.17. The van der Waals surface area contributed by atoms with Crippen molar-refractivity contribution in [3.8, 4) is 5.75 Å². The summed E-state index contributed by atoms with van der Waals surface area (Å²) in [6, 6.07) is 11.0. The topological polar surface area (TPSA) is 57.5 Å². The van der Waals surface area contributed by atoms with Crippen molar-refractivity contribution in [3.63, 3.8) is 0 Å². The van der Waals surface area contributed by atoms with E-state index in [0.29, 0.717) is 5.75 Å². The van der Waals surface area contributed by atoms with Gasteiger partial charge in [0.15, 0.2) is 0 Å². The van der Waals surface area contributed by atoms with Gasteiger partial charge in [-0.25, -0.2) is 4.79 Å². The number of aromatic carboxylic acids is 1. The Kier molecular flexibility index (Phi) is 5.84. The minimum atomic E-state index is -0.918. The molecule has 0 aliphatic carbocycles. The van der Waals surface area contributed by atoms with Crippen LogP contribution in [0.25, 0.3) is 6.08 Å². The quantitative estimate of drug-likeness (QED) is 0.704. The fourth-order valence-electron chi connectivity index (χ4n) is 3.02. The van der Waals surface area contributed by atoms with Crippen LogP contribution in [0.15, 0.2) is 42.5 Å². The lowest BCUT2D eigenvalue weighted by Gasteiger charge is -2.28. The Labute approximate surface area is 162 Å². The van der Waals surface area contributed by atoms with E-state index in [1.807, 2.05) is 6.08 Å². The molecule has 0 aliphatic rings. The highest BCUT2D eigenvalue weighted by molar-refractivity contribution is 5.87. The number of rotatable bonds is 4. The molecule has 0 fully saturated rings. The summed E-state index contributed by atoms with van der Waals surface area (Å²) in [5.74, 6) is -0.522. The second-order valence-electron chi connectivity index (χ2n) is 9.07. The van der Waals surface area contributed by atoms with Gasteiger partial charge in [-0.2, -0.15) is 0 Å². The van der Waals surface area contributed by atoms with Crippen LogP contribution in [0.1, 0.15) is 74.2 Å². The molecule has 3 nitrogen and oxygen atoms in total. The zero-order chi connectivity index (χ0) is 20.4. The van der Waals surface area contributed by atoms with Crippen molar-refractivity contribution in [1.29, 1.82) is 0 Å². The minimum Gasteiger partial charge on any atom is -0.507 e. The molecule has 0 heterocycles. The van der Waals surface area contributed by atoms with E-state index in [1.54, 1.807) is 24.3 Å². The Morgan fingerprint density at radius 1 is 0.926 bits per heavy atom. The van der Waals surface area contributed by atoms with Crippen LogP contribution in [-0.4, -0.2) is 16.2 Å². The van der Waals surface area contributed by atoms with Crippen molar-refractivity contribution >= 4 is 12.0 Å². The minimum absolute atomic E-state index is 0.142. The molecular weight excluding hydrogens is 336 g/mol. The first-order valence-electron chi connectivity index (χ1n) is 9.26. The van der Waals surface area contributed by atoms with Gasteiger partial charge in [-0.15, -0.1) is 0 Å². The van der Waals surface area contributed by atoms with Crippen molar-refractivity contribution in [2.75, 3.05) is 0 Å². The molecule has 2 aromatic rings. The van der Waals surface area contributed by atoms with Gasteiger partial charge in [-0.3, -0.25) is 0 Å². The molecule has 0 atom stereocenters. The van der Waals surface area contributed by atoms with Crippen molar-refractivity contribution in [2.45, 2.75) is 58.8 Å². The highest BCUT2D eigenvalue weighted by atomic mass is 16.4. The number of carbonyl (C=O) groups is 1. The predicted octanol–water partition coefficient (Wildman–Crippen LogP) is 5.94. The third-order valence-corrected chi connectivity index (χ3v) is 4.61. The average Bonchev–Trinajstić information content (AvgIpc) is 2.54. The summed E-state index contributed by atoms with van der Waals surface area (Å²) in [6.07, 6.45) is 4.81. The lowest BCUT2D eigenvalue weighted by molar-refractivity contribution is 0.0697. The van der Waals surface area contributed by atoms with E-state index in [0.717, 1.165) is 28.7 Å². The molecule has 0 radical (unpaired) electrons. The lowest BCUT2D eigenvalue weighted by atomic mass is 9.78. The fourth-order valence-corrected chi connectivity index (χ4v) is 3.02. The van der Waals surface area contributed by atoms with Gasteiger partial charge in [0, 0.05) is 0 Å². The summed E-state index contributed by atoms with van der Waals surface area (Å²) in [4.78, 5) is 10.9. The van der Waals surface area contributed by atoms with Crippen molar-refractivity contribution in [1.82, 2.24) is 0 Å². The number of hydrogen-bond acceptors (Lipinski definition) is 2. The van der Waals surface area contributed by atoms with Gasteiger partial charge >= 0.3 is 5.97 Å². The van der Waals surface area contributed by atoms with Gasteiger partial charge in [0.2, 0.25) is 0 Å². The van der Waals surface area contributed by atoms with Crippen LogP contribution in [0, 0.1) is 0 Å². The second-order valence-corrected chi connectivity index (χ2v) is 9.07. The Balaban J connectivity index is 2.31. The molecule has 0 spiro atoms. The highest BCUT2D eigenvalue weighted by Gasteiger charge is 2.26. The summed E-state index contributed by atoms with van der Waals surface area (Å²) in [5.41, 5.74) is 4.04. The molecule has 3 heteroatoms. The normalized spacial score (nSPS) is 12.5. The van der Waals surface area contributed by atoms with E-state index < -0.39 is 5.97 Å². The Bertz CT molecular complexity index is 810. The van der Waals surface area contributed by atoms with Crippen LogP contribution in [0.2, 0.25) is 0 Å². The number of carboxylic acid groups (broad SMARTS) is 1. The molecule has 0 saturated heterocycles. The third-order valence-electron chi connectivity index (χ3n) is 4.61. The number of phenols is 1. The van der Waals surface area contributed by atoms with Gasteiger partial charge in [0.05, 0.1) is 5.56 Å². The Hall–Kier alpha value is -2.55. The van der Waals surface area contributed by atoms with Gasteiger partial charge in [-0.1, -0.05) is 78.0 Å². The second kappa shape index (κ2) is 7.59. The molecule has 2 N–H and O–H groups in total. The molecule has 0 amide bonds. The predicted molar refractivity (Wildman–Crippen MR) is 112 cm³/mol. The maximum absolute atomic E-state index is 10.9. The summed E-state index contributed by atoms with van der Waals surface area (Å²) < 4.78 is 0. The number of benzene rings is 2. The smallest absolute Gasteiger partial charge is 0.335 e. The standard InChI is InChI=1S/C24H30O3/c1-23(2,3)19-14-17(15-20(21(19)25)24(4,5)6)9-7-8-16-10-12-18(13-11-16)22(26)27/h7-8,10-15,25H,9H2,1-6H3,(H,26,27). The summed E-state index contributed by atoms with van der Waals surface area (Å²) in [6.45, 7) is 12.7. The molecule has 2 rings (SSSR count). The summed E-state index contributed by atoms with van der Waals surface area (Å²) in [5, 5.41) is 19.8. The highest BCUT2D eigenvalue weighted by Crippen LogP contribution is 2.39.